The lowest BCUT2D eigenvalue weighted by atomic mass is 10.1. The van der Waals surface area contributed by atoms with Gasteiger partial charge in [0, 0.05) is 31.2 Å². The fourth-order valence-electron chi connectivity index (χ4n) is 2.84. The molecule has 102 valence electrons. The van der Waals surface area contributed by atoms with Crippen molar-refractivity contribution in [1.82, 2.24) is 9.80 Å². The van der Waals surface area contributed by atoms with Gasteiger partial charge in [-0.05, 0) is 32.1 Å². The maximum atomic E-state index is 13.9. The van der Waals surface area contributed by atoms with E-state index in [-0.39, 0.29) is 5.82 Å². The molecule has 0 spiro atoms. The van der Waals surface area contributed by atoms with Gasteiger partial charge in [-0.1, -0.05) is 13.0 Å². The van der Waals surface area contributed by atoms with E-state index < -0.39 is 0 Å². The minimum atomic E-state index is -0.278. The topological polar surface area (TPSA) is 30.3 Å². The molecular weight excluding hydrogens is 241 g/mol. The van der Waals surface area contributed by atoms with E-state index >= 15 is 0 Å². The normalized spacial score (nSPS) is 23.8. The van der Waals surface area contributed by atoms with Gasteiger partial charge in [0.15, 0.2) is 0 Å². The summed E-state index contributed by atoms with van der Waals surface area (Å²) < 4.78 is 13.9. The molecule has 2 unspecified atom stereocenters. The predicted molar refractivity (Wildman–Crippen MR) is 73.0 cm³/mol. The Hall–Kier alpha value is -1.44. The third-order valence-corrected chi connectivity index (χ3v) is 3.89. The predicted octanol–water partition coefficient (Wildman–Crippen LogP) is 2.08. The van der Waals surface area contributed by atoms with E-state index in [1.54, 1.807) is 12.1 Å². The first-order chi connectivity index (χ1) is 9.01. The van der Waals surface area contributed by atoms with Gasteiger partial charge in [0.2, 0.25) is 0 Å². The van der Waals surface area contributed by atoms with Crippen molar-refractivity contribution in [2.24, 2.45) is 5.92 Å². The summed E-state index contributed by atoms with van der Waals surface area (Å²) in [6.07, 6.45) is 0. The Morgan fingerprint density at radius 3 is 2.68 bits per heavy atom. The van der Waals surface area contributed by atoms with E-state index in [9.17, 15) is 4.39 Å². The smallest absolute Gasteiger partial charge is 0.129 e. The molecule has 2 rings (SSSR count). The number of halogens is 1. The first-order valence-corrected chi connectivity index (χ1v) is 6.58. The Labute approximate surface area is 114 Å². The molecule has 1 aliphatic heterocycles. The summed E-state index contributed by atoms with van der Waals surface area (Å²) in [5, 5.41) is 8.74. The van der Waals surface area contributed by atoms with Gasteiger partial charge >= 0.3 is 0 Å². The Morgan fingerprint density at radius 1 is 1.42 bits per heavy atom. The SMILES string of the molecule is CC1CN(Cc2ccc(C#N)cc2F)CC1N(C)C. The maximum absolute atomic E-state index is 13.9. The van der Waals surface area contributed by atoms with Gasteiger partial charge < -0.3 is 4.90 Å². The van der Waals surface area contributed by atoms with E-state index in [2.05, 4.69) is 30.8 Å². The zero-order chi connectivity index (χ0) is 14.0. The summed E-state index contributed by atoms with van der Waals surface area (Å²) in [5.74, 6) is 0.316. The van der Waals surface area contributed by atoms with Crippen molar-refractivity contribution in [1.29, 1.82) is 5.26 Å². The second-order valence-corrected chi connectivity index (χ2v) is 5.62. The molecule has 0 aromatic heterocycles. The summed E-state index contributed by atoms with van der Waals surface area (Å²) in [5.41, 5.74) is 1.05. The fourth-order valence-corrected chi connectivity index (χ4v) is 2.84. The van der Waals surface area contributed by atoms with Crippen molar-refractivity contribution < 1.29 is 4.39 Å². The third kappa shape index (κ3) is 3.12. The van der Waals surface area contributed by atoms with Gasteiger partial charge in [-0.2, -0.15) is 5.26 Å². The van der Waals surface area contributed by atoms with Crippen LogP contribution >= 0.6 is 0 Å². The minimum absolute atomic E-state index is 0.278. The molecule has 1 saturated heterocycles. The van der Waals surface area contributed by atoms with Crippen LogP contribution in [0.2, 0.25) is 0 Å². The lowest BCUT2D eigenvalue weighted by molar-refractivity contribution is 0.249. The molecule has 1 aromatic carbocycles. The molecule has 1 aliphatic rings. The van der Waals surface area contributed by atoms with E-state index in [1.807, 2.05) is 6.07 Å². The van der Waals surface area contributed by atoms with Crippen LogP contribution in [0.1, 0.15) is 18.1 Å². The van der Waals surface area contributed by atoms with E-state index in [1.165, 1.54) is 6.07 Å². The average molecular weight is 261 g/mol. The van der Waals surface area contributed by atoms with Crippen molar-refractivity contribution in [3.05, 3.63) is 35.1 Å². The van der Waals surface area contributed by atoms with Crippen molar-refractivity contribution in [2.75, 3.05) is 27.2 Å². The highest BCUT2D eigenvalue weighted by atomic mass is 19.1. The quantitative estimate of drug-likeness (QED) is 0.834. The molecule has 3 nitrogen and oxygen atoms in total. The zero-order valence-electron chi connectivity index (χ0n) is 11.7. The number of rotatable bonds is 3. The van der Waals surface area contributed by atoms with Gasteiger partial charge in [0.25, 0.3) is 0 Å². The molecule has 0 bridgehead atoms. The maximum Gasteiger partial charge on any atom is 0.129 e. The van der Waals surface area contributed by atoms with Crippen LogP contribution in [0.4, 0.5) is 4.39 Å². The highest BCUT2D eigenvalue weighted by Crippen LogP contribution is 2.22. The molecule has 19 heavy (non-hydrogen) atoms. The highest BCUT2D eigenvalue weighted by Gasteiger charge is 2.31. The highest BCUT2D eigenvalue weighted by molar-refractivity contribution is 5.32. The second kappa shape index (κ2) is 5.68. The van der Waals surface area contributed by atoms with Crippen molar-refractivity contribution in [3.8, 4) is 6.07 Å². The molecule has 0 amide bonds. The van der Waals surface area contributed by atoms with E-state index in [4.69, 9.17) is 5.26 Å². The van der Waals surface area contributed by atoms with Crippen LogP contribution in [0.15, 0.2) is 18.2 Å². The fraction of sp³-hybridized carbons (Fsp3) is 0.533. The number of benzene rings is 1. The third-order valence-electron chi connectivity index (χ3n) is 3.89. The lowest BCUT2D eigenvalue weighted by Gasteiger charge is -2.22. The van der Waals surface area contributed by atoms with Gasteiger partial charge in [0.05, 0.1) is 11.6 Å². The summed E-state index contributed by atoms with van der Waals surface area (Å²) in [7, 11) is 4.18. The molecule has 0 aliphatic carbocycles. The van der Waals surface area contributed by atoms with Crippen LogP contribution in [0.25, 0.3) is 0 Å². The summed E-state index contributed by atoms with van der Waals surface area (Å²) in [4.78, 5) is 4.51. The van der Waals surface area contributed by atoms with E-state index in [0.717, 1.165) is 13.1 Å². The van der Waals surface area contributed by atoms with Crippen molar-refractivity contribution in [2.45, 2.75) is 19.5 Å². The Balaban J connectivity index is 2.05. The first-order valence-electron chi connectivity index (χ1n) is 6.58. The van der Waals surface area contributed by atoms with Crippen LogP contribution in [-0.2, 0) is 6.54 Å². The van der Waals surface area contributed by atoms with Crippen LogP contribution < -0.4 is 0 Å². The molecule has 1 aromatic rings. The molecule has 0 N–H and O–H groups in total. The summed E-state index contributed by atoms with van der Waals surface area (Å²) >= 11 is 0. The van der Waals surface area contributed by atoms with Gasteiger partial charge in [-0.25, -0.2) is 4.39 Å². The number of nitriles is 1. The molecule has 2 atom stereocenters. The first kappa shape index (κ1) is 14.0. The molecule has 1 heterocycles. The van der Waals surface area contributed by atoms with Gasteiger partial charge in [-0.3, -0.25) is 4.90 Å². The summed E-state index contributed by atoms with van der Waals surface area (Å²) in [6, 6.07) is 7.21. The monoisotopic (exact) mass is 261 g/mol. The number of hydrogen-bond acceptors (Lipinski definition) is 3. The molecule has 1 fully saturated rings. The second-order valence-electron chi connectivity index (χ2n) is 5.62. The number of hydrogen-bond donors (Lipinski definition) is 0. The number of likely N-dealkylation sites (tertiary alicyclic amines) is 1. The Morgan fingerprint density at radius 2 is 2.16 bits per heavy atom. The van der Waals surface area contributed by atoms with Crippen LogP contribution in [0, 0.1) is 23.1 Å². The molecule has 0 radical (unpaired) electrons. The average Bonchev–Trinajstić information content (AvgIpc) is 2.73. The number of nitrogens with zero attached hydrogens (tertiary/aromatic N) is 3. The summed E-state index contributed by atoms with van der Waals surface area (Å²) in [6.45, 7) is 4.81. The molecular formula is C15H20FN3. The van der Waals surface area contributed by atoms with Crippen molar-refractivity contribution >= 4 is 0 Å². The standard InChI is InChI=1S/C15H20FN3/c1-11-8-19(10-15(11)18(2)3)9-13-5-4-12(7-17)6-14(13)16/h4-6,11,15H,8-10H2,1-3H3. The Bertz CT molecular complexity index is 493. The molecule has 4 heteroatoms. The van der Waals surface area contributed by atoms with Crippen LogP contribution in [0.3, 0.4) is 0 Å². The van der Waals surface area contributed by atoms with Crippen molar-refractivity contribution in [3.63, 3.8) is 0 Å². The van der Waals surface area contributed by atoms with Crippen LogP contribution in [-0.4, -0.2) is 43.0 Å². The molecule has 0 saturated carbocycles. The van der Waals surface area contributed by atoms with E-state index in [0.29, 0.717) is 29.6 Å². The minimum Gasteiger partial charge on any atom is -0.305 e. The largest absolute Gasteiger partial charge is 0.305 e. The lowest BCUT2D eigenvalue weighted by Crippen LogP contribution is -2.34. The zero-order valence-corrected chi connectivity index (χ0v) is 11.7. The number of likely N-dealkylation sites (N-methyl/N-ethyl adjacent to an activating group) is 1. The van der Waals surface area contributed by atoms with Gasteiger partial charge in [-0.15, -0.1) is 0 Å². The van der Waals surface area contributed by atoms with Gasteiger partial charge in [0.1, 0.15) is 5.82 Å². The van der Waals surface area contributed by atoms with Crippen LogP contribution in [0.5, 0.6) is 0 Å². The Kier molecular flexibility index (Phi) is 4.18.